The molecule has 0 rings (SSSR count). The van der Waals surface area contributed by atoms with E-state index in [0.717, 1.165) is 12.8 Å². The molecular formula is C16H26O4. The molecule has 2 atom stereocenters. The SMILES string of the molecule is CCOC(=O)C=CC(CC)C(C=CC(=O)OCC)CC. The van der Waals surface area contributed by atoms with Gasteiger partial charge < -0.3 is 9.47 Å². The summed E-state index contributed by atoms with van der Waals surface area (Å²) in [4.78, 5) is 22.6. The molecule has 0 saturated heterocycles. The zero-order valence-electron chi connectivity index (χ0n) is 12.9. The van der Waals surface area contributed by atoms with E-state index in [1.807, 2.05) is 12.2 Å². The van der Waals surface area contributed by atoms with Gasteiger partial charge in [-0.15, -0.1) is 0 Å². The molecule has 0 aromatic carbocycles. The van der Waals surface area contributed by atoms with Gasteiger partial charge in [-0.25, -0.2) is 9.59 Å². The van der Waals surface area contributed by atoms with Crippen molar-refractivity contribution >= 4 is 11.9 Å². The second kappa shape index (κ2) is 11.3. The van der Waals surface area contributed by atoms with Gasteiger partial charge in [-0.05, 0) is 38.5 Å². The second-order valence-electron chi connectivity index (χ2n) is 4.37. The van der Waals surface area contributed by atoms with Crippen molar-refractivity contribution in [1.82, 2.24) is 0 Å². The molecule has 0 N–H and O–H groups in total. The third-order valence-electron chi connectivity index (χ3n) is 3.02. The normalized spacial score (nSPS) is 14.4. The lowest BCUT2D eigenvalue weighted by molar-refractivity contribution is -0.138. The number of carbonyl (C=O) groups excluding carboxylic acids is 2. The monoisotopic (exact) mass is 282 g/mol. The maximum absolute atomic E-state index is 11.3. The van der Waals surface area contributed by atoms with Crippen molar-refractivity contribution < 1.29 is 19.1 Å². The average molecular weight is 282 g/mol. The molecule has 4 heteroatoms. The highest BCUT2D eigenvalue weighted by Crippen LogP contribution is 2.22. The Hall–Kier alpha value is -1.58. The lowest BCUT2D eigenvalue weighted by Crippen LogP contribution is -2.11. The van der Waals surface area contributed by atoms with Crippen molar-refractivity contribution in [3.05, 3.63) is 24.3 Å². The van der Waals surface area contributed by atoms with Crippen LogP contribution in [0.4, 0.5) is 0 Å². The van der Waals surface area contributed by atoms with Crippen molar-refractivity contribution in [2.75, 3.05) is 13.2 Å². The number of carbonyl (C=O) groups is 2. The van der Waals surface area contributed by atoms with Gasteiger partial charge in [0.25, 0.3) is 0 Å². The zero-order valence-corrected chi connectivity index (χ0v) is 12.9. The number of esters is 2. The van der Waals surface area contributed by atoms with Crippen LogP contribution in [0.3, 0.4) is 0 Å². The molecule has 114 valence electrons. The molecule has 0 bridgehead atoms. The highest BCUT2D eigenvalue weighted by molar-refractivity contribution is 5.82. The summed E-state index contributed by atoms with van der Waals surface area (Å²) in [5.41, 5.74) is 0. The molecule has 20 heavy (non-hydrogen) atoms. The zero-order chi connectivity index (χ0) is 15.4. The standard InChI is InChI=1S/C16H26O4/c1-5-13(9-11-15(17)19-7-3)14(6-2)10-12-16(18)20-8-4/h9-14H,5-8H2,1-4H3. The van der Waals surface area contributed by atoms with Crippen LogP contribution in [0.5, 0.6) is 0 Å². The smallest absolute Gasteiger partial charge is 0.330 e. The van der Waals surface area contributed by atoms with Gasteiger partial charge in [-0.2, -0.15) is 0 Å². The molecule has 0 spiro atoms. The van der Waals surface area contributed by atoms with E-state index < -0.39 is 0 Å². The minimum absolute atomic E-state index is 0.204. The fourth-order valence-electron chi connectivity index (χ4n) is 1.95. The fraction of sp³-hybridized carbons (Fsp3) is 0.625. The van der Waals surface area contributed by atoms with Crippen LogP contribution < -0.4 is 0 Å². The van der Waals surface area contributed by atoms with Crippen molar-refractivity contribution in [1.29, 1.82) is 0 Å². The van der Waals surface area contributed by atoms with Gasteiger partial charge in [0, 0.05) is 12.2 Å². The third kappa shape index (κ3) is 7.77. The van der Waals surface area contributed by atoms with E-state index >= 15 is 0 Å². The van der Waals surface area contributed by atoms with Gasteiger partial charge in [0.2, 0.25) is 0 Å². The molecule has 0 heterocycles. The number of hydrogen-bond acceptors (Lipinski definition) is 4. The summed E-state index contributed by atoms with van der Waals surface area (Å²) in [6.45, 7) is 8.42. The molecule has 0 radical (unpaired) electrons. The van der Waals surface area contributed by atoms with Crippen molar-refractivity contribution in [2.45, 2.75) is 40.5 Å². The van der Waals surface area contributed by atoms with E-state index in [1.165, 1.54) is 12.2 Å². The summed E-state index contributed by atoms with van der Waals surface area (Å²) >= 11 is 0. The fourth-order valence-corrected chi connectivity index (χ4v) is 1.95. The highest BCUT2D eigenvalue weighted by atomic mass is 16.5. The number of allylic oxidation sites excluding steroid dienone is 2. The summed E-state index contributed by atoms with van der Waals surface area (Å²) in [7, 11) is 0. The van der Waals surface area contributed by atoms with Crippen molar-refractivity contribution in [3.8, 4) is 0 Å². The van der Waals surface area contributed by atoms with Crippen LogP contribution in [0, 0.1) is 11.8 Å². The molecular weight excluding hydrogens is 256 g/mol. The average Bonchev–Trinajstić information content (AvgIpc) is 2.43. The first-order valence-corrected chi connectivity index (χ1v) is 7.28. The Morgan fingerprint density at radius 2 is 1.15 bits per heavy atom. The molecule has 0 aliphatic rings. The van der Waals surface area contributed by atoms with Crippen LogP contribution in [-0.4, -0.2) is 25.2 Å². The van der Waals surface area contributed by atoms with E-state index in [9.17, 15) is 9.59 Å². The van der Waals surface area contributed by atoms with Crippen LogP contribution >= 0.6 is 0 Å². The lowest BCUT2D eigenvalue weighted by Gasteiger charge is -2.18. The van der Waals surface area contributed by atoms with Gasteiger partial charge in [0.05, 0.1) is 13.2 Å². The number of rotatable bonds is 9. The molecule has 4 nitrogen and oxygen atoms in total. The van der Waals surface area contributed by atoms with Gasteiger partial charge in [-0.1, -0.05) is 26.0 Å². The Labute approximate surface area is 121 Å². The van der Waals surface area contributed by atoms with E-state index in [0.29, 0.717) is 13.2 Å². The predicted octanol–water partition coefficient (Wildman–Crippen LogP) is 3.28. The van der Waals surface area contributed by atoms with Crippen LogP contribution in [-0.2, 0) is 19.1 Å². The molecule has 0 aromatic rings. The number of hydrogen-bond donors (Lipinski definition) is 0. The largest absolute Gasteiger partial charge is 0.463 e. The van der Waals surface area contributed by atoms with E-state index in [2.05, 4.69) is 13.8 Å². The Balaban J connectivity index is 4.64. The van der Waals surface area contributed by atoms with E-state index in [-0.39, 0.29) is 23.8 Å². The second-order valence-corrected chi connectivity index (χ2v) is 4.37. The Morgan fingerprint density at radius 3 is 1.40 bits per heavy atom. The topological polar surface area (TPSA) is 52.6 Å². The van der Waals surface area contributed by atoms with E-state index in [4.69, 9.17) is 9.47 Å². The van der Waals surface area contributed by atoms with Crippen LogP contribution in [0.25, 0.3) is 0 Å². The van der Waals surface area contributed by atoms with Gasteiger partial charge in [-0.3, -0.25) is 0 Å². The third-order valence-corrected chi connectivity index (χ3v) is 3.02. The Morgan fingerprint density at radius 1 is 0.800 bits per heavy atom. The molecule has 0 aliphatic heterocycles. The Bertz CT molecular complexity index is 310. The van der Waals surface area contributed by atoms with Crippen molar-refractivity contribution in [3.63, 3.8) is 0 Å². The molecule has 0 amide bonds. The van der Waals surface area contributed by atoms with Gasteiger partial charge in [0.15, 0.2) is 0 Å². The summed E-state index contributed by atoms with van der Waals surface area (Å²) < 4.78 is 9.72. The summed E-state index contributed by atoms with van der Waals surface area (Å²) in [6, 6.07) is 0. The first-order valence-electron chi connectivity index (χ1n) is 7.28. The minimum Gasteiger partial charge on any atom is -0.463 e. The first kappa shape index (κ1) is 18.4. The summed E-state index contributed by atoms with van der Waals surface area (Å²) in [5.74, 6) is -0.240. The maximum Gasteiger partial charge on any atom is 0.330 e. The first-order chi connectivity index (χ1) is 9.58. The maximum atomic E-state index is 11.3. The molecule has 0 aliphatic carbocycles. The van der Waals surface area contributed by atoms with Crippen LogP contribution in [0.2, 0.25) is 0 Å². The summed E-state index contributed by atoms with van der Waals surface area (Å²) in [6.07, 6.45) is 8.45. The van der Waals surface area contributed by atoms with Crippen LogP contribution in [0.15, 0.2) is 24.3 Å². The lowest BCUT2D eigenvalue weighted by atomic mass is 9.87. The van der Waals surface area contributed by atoms with E-state index in [1.54, 1.807) is 13.8 Å². The van der Waals surface area contributed by atoms with Gasteiger partial charge in [0.1, 0.15) is 0 Å². The molecule has 0 aromatic heterocycles. The quantitative estimate of drug-likeness (QED) is 0.481. The molecule has 2 unspecified atom stereocenters. The number of ether oxygens (including phenoxy) is 2. The Kier molecular flexibility index (Phi) is 10.4. The molecule has 0 saturated carbocycles. The van der Waals surface area contributed by atoms with Crippen molar-refractivity contribution in [2.24, 2.45) is 11.8 Å². The summed E-state index contributed by atoms with van der Waals surface area (Å²) in [5, 5.41) is 0. The predicted molar refractivity (Wildman–Crippen MR) is 79.1 cm³/mol. The van der Waals surface area contributed by atoms with Gasteiger partial charge >= 0.3 is 11.9 Å². The molecule has 0 fully saturated rings. The van der Waals surface area contributed by atoms with Crippen LogP contribution in [0.1, 0.15) is 40.5 Å². The highest BCUT2D eigenvalue weighted by Gasteiger charge is 2.14. The minimum atomic E-state index is -0.324.